The lowest BCUT2D eigenvalue weighted by atomic mass is 10.3. The first kappa shape index (κ1) is 15.5. The molecule has 2 N–H and O–H groups in total. The van der Waals surface area contributed by atoms with E-state index in [1.165, 1.54) is 0 Å². The van der Waals surface area contributed by atoms with E-state index < -0.39 is 22.8 Å². The summed E-state index contributed by atoms with van der Waals surface area (Å²) in [5, 5.41) is 0. The zero-order valence-corrected chi connectivity index (χ0v) is 12.2. The molecule has 2 atom stereocenters. The molecule has 0 bridgehead atoms. The molecule has 6 nitrogen and oxygen atoms in total. The number of aliphatic imine (C=N–C) groups is 1. The Morgan fingerprint density at radius 3 is 2.86 bits per heavy atom. The van der Waals surface area contributed by atoms with Gasteiger partial charge in [0.05, 0.1) is 6.10 Å². The second kappa shape index (κ2) is 6.72. The highest BCUT2D eigenvalue weighted by molar-refractivity contribution is 7.81. The molecule has 2 rings (SSSR count). The molecule has 0 aromatic heterocycles. The summed E-state index contributed by atoms with van der Waals surface area (Å²) in [5.74, 6) is -1.81. The number of hydrogen-bond donors (Lipinski definition) is 1. The van der Waals surface area contributed by atoms with Crippen LogP contribution in [0.1, 0.15) is 20.3 Å². The normalized spacial score (nSPS) is 19.3. The third kappa shape index (κ3) is 4.30. The predicted octanol–water partition coefficient (Wildman–Crippen LogP) is 2.47. The lowest BCUT2D eigenvalue weighted by Gasteiger charge is -2.13. The number of halogens is 2. The molecule has 0 fully saturated rings. The second-order valence-corrected chi connectivity index (χ2v) is 5.18. The van der Waals surface area contributed by atoms with Gasteiger partial charge in [0.2, 0.25) is 5.96 Å². The Hall–Kier alpha value is -1.87. The van der Waals surface area contributed by atoms with Crippen LogP contribution in [0.15, 0.2) is 32.0 Å². The summed E-state index contributed by atoms with van der Waals surface area (Å²) in [6, 6.07) is 2.59. The maximum Gasteiger partial charge on any atom is 0.335 e. The smallest absolute Gasteiger partial charge is 0.335 e. The van der Waals surface area contributed by atoms with E-state index in [-0.39, 0.29) is 23.8 Å². The van der Waals surface area contributed by atoms with Gasteiger partial charge in [-0.25, -0.2) is 8.78 Å². The Kier molecular flexibility index (Phi) is 4.97. The maximum atomic E-state index is 13.5. The van der Waals surface area contributed by atoms with E-state index in [1.54, 1.807) is 0 Å². The second-order valence-electron chi connectivity index (χ2n) is 4.16. The van der Waals surface area contributed by atoms with Crippen molar-refractivity contribution in [3.05, 3.63) is 29.8 Å². The molecule has 1 heterocycles. The molecule has 1 aromatic rings. The zero-order chi connectivity index (χ0) is 15.4. The number of amidine groups is 1. The summed E-state index contributed by atoms with van der Waals surface area (Å²) in [4.78, 5) is 3.73. The van der Waals surface area contributed by atoms with Gasteiger partial charge in [-0.2, -0.15) is 4.99 Å². The van der Waals surface area contributed by atoms with Crippen LogP contribution < -0.4 is 10.5 Å². The van der Waals surface area contributed by atoms with Gasteiger partial charge in [0.1, 0.15) is 5.82 Å². The van der Waals surface area contributed by atoms with Crippen molar-refractivity contribution in [2.24, 2.45) is 19.5 Å². The molecule has 0 saturated heterocycles. The molecule has 0 amide bonds. The maximum absolute atomic E-state index is 13.5. The fourth-order valence-corrected chi connectivity index (χ4v) is 2.23. The zero-order valence-electron chi connectivity index (χ0n) is 11.4. The minimum Gasteiger partial charge on any atom is -0.421 e. The number of rotatable bonds is 4. The van der Waals surface area contributed by atoms with Gasteiger partial charge in [0, 0.05) is 6.07 Å². The largest absolute Gasteiger partial charge is 0.421 e. The van der Waals surface area contributed by atoms with Crippen LogP contribution in [0.3, 0.4) is 0 Å². The lowest BCUT2D eigenvalue weighted by Crippen LogP contribution is -2.22. The molecule has 1 aliphatic rings. The first-order valence-electron chi connectivity index (χ1n) is 6.17. The Morgan fingerprint density at radius 1 is 1.38 bits per heavy atom. The van der Waals surface area contributed by atoms with Crippen LogP contribution in [-0.2, 0) is 15.3 Å². The summed E-state index contributed by atoms with van der Waals surface area (Å²) in [6.45, 7) is 3.80. The molecule has 114 valence electrons. The number of ether oxygens (including phenoxy) is 1. The van der Waals surface area contributed by atoms with E-state index in [0.717, 1.165) is 24.6 Å². The summed E-state index contributed by atoms with van der Waals surface area (Å²) >= 11 is -1.20. The van der Waals surface area contributed by atoms with Gasteiger partial charge < -0.3 is 10.5 Å². The monoisotopic (exact) mass is 316 g/mol. The van der Waals surface area contributed by atoms with E-state index in [1.807, 2.05) is 13.8 Å². The summed E-state index contributed by atoms with van der Waals surface area (Å²) in [5.41, 5.74) is 5.54. The Morgan fingerprint density at radius 2 is 2.14 bits per heavy atom. The van der Waals surface area contributed by atoms with Crippen LogP contribution in [0.5, 0.6) is 5.75 Å². The average molecular weight is 316 g/mol. The molecule has 9 heteroatoms. The van der Waals surface area contributed by atoms with Crippen LogP contribution in [0.25, 0.3) is 0 Å². The summed E-state index contributed by atoms with van der Waals surface area (Å²) in [6.07, 6.45) is 0.680. The van der Waals surface area contributed by atoms with Crippen LogP contribution in [0.2, 0.25) is 0 Å². The molecule has 0 radical (unpaired) electrons. The summed E-state index contributed by atoms with van der Waals surface area (Å²) in [7, 11) is 0. The first-order valence-corrected chi connectivity index (χ1v) is 7.23. The van der Waals surface area contributed by atoms with E-state index in [0.29, 0.717) is 0 Å². The number of benzene rings is 1. The molecular weight excluding hydrogens is 302 g/mol. The van der Waals surface area contributed by atoms with E-state index in [9.17, 15) is 8.78 Å². The third-order valence-corrected chi connectivity index (χ3v) is 3.61. The van der Waals surface area contributed by atoms with Crippen molar-refractivity contribution in [1.82, 2.24) is 0 Å². The molecule has 2 unspecified atom stereocenters. The van der Waals surface area contributed by atoms with Crippen molar-refractivity contribution >= 4 is 23.1 Å². The van der Waals surface area contributed by atoms with Crippen molar-refractivity contribution in [2.45, 2.75) is 26.4 Å². The molecule has 1 aliphatic heterocycles. The molecule has 0 spiro atoms. The van der Waals surface area contributed by atoms with Gasteiger partial charge >= 0.3 is 6.02 Å². The quantitative estimate of drug-likeness (QED) is 0.926. The van der Waals surface area contributed by atoms with Crippen molar-refractivity contribution in [3.63, 3.8) is 0 Å². The topological polar surface area (TPSA) is 81.6 Å². The van der Waals surface area contributed by atoms with Crippen LogP contribution in [0.4, 0.5) is 8.78 Å². The Bertz CT molecular complexity index is 634. The Balaban J connectivity index is 2.20. The first-order chi connectivity index (χ1) is 9.97. The van der Waals surface area contributed by atoms with Gasteiger partial charge in [0.15, 0.2) is 22.7 Å². The lowest BCUT2D eigenvalue weighted by molar-refractivity contribution is 0.253. The number of nitrogens with zero attached hydrogens (tertiary/aromatic N) is 3. The highest BCUT2D eigenvalue weighted by Gasteiger charge is 2.15. The highest BCUT2D eigenvalue weighted by atomic mass is 32.2. The minimum atomic E-state index is -1.20. The Labute approximate surface area is 123 Å². The average Bonchev–Trinajstić information content (AvgIpc) is 2.42. The van der Waals surface area contributed by atoms with Crippen LogP contribution >= 0.6 is 0 Å². The van der Waals surface area contributed by atoms with Crippen molar-refractivity contribution in [3.8, 4) is 5.75 Å². The van der Waals surface area contributed by atoms with Crippen molar-refractivity contribution in [1.29, 1.82) is 0 Å². The number of guanidine groups is 1. The molecule has 21 heavy (non-hydrogen) atoms. The SMILES string of the molecule is CCC(C)OS1=NC(N)=NC(Oc2cc(F)ccc2F)=N1. The molecular formula is C12H14F2N4O2S. The van der Waals surface area contributed by atoms with Gasteiger partial charge in [0.25, 0.3) is 0 Å². The van der Waals surface area contributed by atoms with Crippen LogP contribution in [-0.4, -0.2) is 18.1 Å². The van der Waals surface area contributed by atoms with E-state index in [2.05, 4.69) is 13.8 Å². The molecule has 1 aromatic carbocycles. The van der Waals surface area contributed by atoms with Gasteiger partial charge in [-0.15, -0.1) is 8.76 Å². The molecule has 0 saturated carbocycles. The number of hydrogen-bond acceptors (Lipinski definition) is 6. The third-order valence-electron chi connectivity index (χ3n) is 2.46. The highest BCUT2D eigenvalue weighted by Crippen LogP contribution is 2.19. The number of nitrogens with two attached hydrogens (primary N) is 1. The van der Waals surface area contributed by atoms with E-state index in [4.69, 9.17) is 14.7 Å². The molecule has 0 aliphatic carbocycles. The van der Waals surface area contributed by atoms with E-state index >= 15 is 0 Å². The van der Waals surface area contributed by atoms with Crippen LogP contribution in [0, 0.1) is 11.6 Å². The summed E-state index contributed by atoms with van der Waals surface area (Å²) < 4.78 is 45.1. The predicted molar refractivity (Wildman–Crippen MR) is 76.7 cm³/mol. The van der Waals surface area contributed by atoms with Gasteiger partial charge in [-0.1, -0.05) is 6.92 Å². The van der Waals surface area contributed by atoms with Crippen molar-refractivity contribution in [2.75, 3.05) is 0 Å². The van der Waals surface area contributed by atoms with Gasteiger partial charge in [-0.3, -0.25) is 4.18 Å². The van der Waals surface area contributed by atoms with Gasteiger partial charge in [-0.05, 0) is 25.5 Å². The fraction of sp³-hybridized carbons (Fsp3) is 0.333. The van der Waals surface area contributed by atoms with Crippen molar-refractivity contribution < 1.29 is 17.7 Å². The minimum absolute atomic E-state index is 0.0844. The standard InChI is InChI=1S/C12H14F2N4O2S/c1-3-7(2)20-21-17-11(15)16-12(18-21)19-10-6-8(13)4-5-9(10)14/h4-7H,3H2,1-2H3,(H2,15,16,17,18). The fourth-order valence-electron chi connectivity index (χ4n) is 1.26.